The first-order chi connectivity index (χ1) is 8.36. The Bertz CT molecular complexity index is 662. The first-order valence-corrected chi connectivity index (χ1v) is 6.24. The minimum atomic E-state index is 1.01. The van der Waals surface area contributed by atoms with E-state index in [9.17, 15) is 0 Å². The fourth-order valence-corrected chi connectivity index (χ4v) is 2.49. The average Bonchev–Trinajstić information content (AvgIpc) is 2.41. The van der Waals surface area contributed by atoms with Crippen LogP contribution in [-0.4, -0.2) is 4.98 Å². The van der Waals surface area contributed by atoms with Gasteiger partial charge in [0.2, 0.25) is 0 Å². The fourth-order valence-electron chi connectivity index (χ4n) is 2.01. The van der Waals surface area contributed by atoms with Gasteiger partial charge in [-0.15, -0.1) is 0 Å². The maximum absolute atomic E-state index is 4.41. The van der Waals surface area contributed by atoms with Crippen LogP contribution in [0.25, 0.3) is 22.0 Å². The van der Waals surface area contributed by atoms with Crippen molar-refractivity contribution in [2.75, 3.05) is 0 Å². The predicted molar refractivity (Wildman–Crippen MR) is 74.9 cm³/mol. The highest BCUT2D eigenvalue weighted by Crippen LogP contribution is 2.31. The van der Waals surface area contributed by atoms with Crippen LogP contribution in [0.3, 0.4) is 0 Å². The lowest BCUT2D eigenvalue weighted by molar-refractivity contribution is 1.33. The van der Waals surface area contributed by atoms with E-state index in [-0.39, 0.29) is 0 Å². The van der Waals surface area contributed by atoms with Gasteiger partial charge in [-0.2, -0.15) is 0 Å². The molecule has 0 fully saturated rings. The summed E-state index contributed by atoms with van der Waals surface area (Å²) in [6.45, 7) is 0. The summed E-state index contributed by atoms with van der Waals surface area (Å²) >= 11 is 3.58. The highest BCUT2D eigenvalue weighted by atomic mass is 79.9. The standard InChI is InChI=1S/C15H10BrN/c16-14-9-8-13(15-7-3-4-10-17-15)11-5-1-2-6-12(11)14/h1-10H. The maximum Gasteiger partial charge on any atom is 0.0708 e. The number of hydrogen-bond donors (Lipinski definition) is 0. The number of rotatable bonds is 1. The number of nitrogens with zero attached hydrogens (tertiary/aromatic N) is 1. The van der Waals surface area contributed by atoms with Crippen LogP contribution in [0.15, 0.2) is 65.3 Å². The first-order valence-electron chi connectivity index (χ1n) is 5.45. The molecular formula is C15H10BrN. The Morgan fingerprint density at radius 3 is 2.29 bits per heavy atom. The third-order valence-electron chi connectivity index (χ3n) is 2.81. The van der Waals surface area contributed by atoms with Crippen molar-refractivity contribution in [3.8, 4) is 11.3 Å². The molecule has 0 radical (unpaired) electrons. The minimum absolute atomic E-state index is 1.01. The van der Waals surface area contributed by atoms with Crippen molar-refractivity contribution in [1.29, 1.82) is 0 Å². The zero-order valence-electron chi connectivity index (χ0n) is 9.10. The van der Waals surface area contributed by atoms with Crippen molar-refractivity contribution in [2.45, 2.75) is 0 Å². The molecule has 3 aromatic rings. The molecule has 3 rings (SSSR count). The Labute approximate surface area is 108 Å². The van der Waals surface area contributed by atoms with Gasteiger partial charge in [0.1, 0.15) is 0 Å². The van der Waals surface area contributed by atoms with E-state index in [0.29, 0.717) is 0 Å². The third kappa shape index (κ3) is 1.85. The van der Waals surface area contributed by atoms with Gasteiger partial charge in [0.15, 0.2) is 0 Å². The van der Waals surface area contributed by atoms with Gasteiger partial charge in [-0.3, -0.25) is 4.98 Å². The van der Waals surface area contributed by atoms with E-state index in [1.54, 1.807) is 0 Å². The maximum atomic E-state index is 4.41. The molecule has 0 saturated carbocycles. The first kappa shape index (κ1) is 10.5. The summed E-state index contributed by atoms with van der Waals surface area (Å²) in [6.07, 6.45) is 1.83. The number of aromatic nitrogens is 1. The molecule has 2 aromatic carbocycles. The Balaban J connectivity index is 2.35. The molecule has 2 heteroatoms. The number of pyridine rings is 1. The molecule has 0 aliphatic heterocycles. The molecule has 0 amide bonds. The smallest absolute Gasteiger partial charge is 0.0708 e. The topological polar surface area (TPSA) is 12.9 Å². The Kier molecular flexibility index (Phi) is 2.65. The van der Waals surface area contributed by atoms with Gasteiger partial charge in [0, 0.05) is 16.2 Å². The summed E-state index contributed by atoms with van der Waals surface area (Å²) < 4.78 is 1.12. The monoisotopic (exact) mass is 283 g/mol. The fraction of sp³-hybridized carbons (Fsp3) is 0. The second kappa shape index (κ2) is 4.30. The van der Waals surface area contributed by atoms with Gasteiger partial charge in [0.05, 0.1) is 5.69 Å². The minimum Gasteiger partial charge on any atom is -0.256 e. The quantitative estimate of drug-likeness (QED) is 0.633. The van der Waals surface area contributed by atoms with Crippen LogP contribution >= 0.6 is 15.9 Å². The second-order valence-corrected chi connectivity index (χ2v) is 4.71. The van der Waals surface area contributed by atoms with Crippen molar-refractivity contribution >= 4 is 26.7 Å². The van der Waals surface area contributed by atoms with E-state index in [2.05, 4.69) is 57.3 Å². The highest BCUT2D eigenvalue weighted by Gasteiger charge is 2.06. The lowest BCUT2D eigenvalue weighted by atomic mass is 10.0. The van der Waals surface area contributed by atoms with E-state index in [0.717, 1.165) is 10.2 Å². The molecule has 0 aliphatic rings. The summed E-state index contributed by atoms with van der Waals surface area (Å²) in [5.41, 5.74) is 2.18. The van der Waals surface area contributed by atoms with E-state index >= 15 is 0 Å². The predicted octanol–water partition coefficient (Wildman–Crippen LogP) is 4.66. The van der Waals surface area contributed by atoms with Crippen LogP contribution in [-0.2, 0) is 0 Å². The van der Waals surface area contributed by atoms with Gasteiger partial charge >= 0.3 is 0 Å². The molecule has 0 atom stereocenters. The molecule has 0 aliphatic carbocycles. The van der Waals surface area contributed by atoms with E-state index < -0.39 is 0 Å². The van der Waals surface area contributed by atoms with Gasteiger partial charge < -0.3 is 0 Å². The van der Waals surface area contributed by atoms with E-state index in [1.165, 1.54) is 16.3 Å². The van der Waals surface area contributed by atoms with Crippen molar-refractivity contribution in [3.63, 3.8) is 0 Å². The molecule has 82 valence electrons. The van der Waals surface area contributed by atoms with E-state index in [1.807, 2.05) is 24.4 Å². The Morgan fingerprint density at radius 1 is 0.765 bits per heavy atom. The van der Waals surface area contributed by atoms with E-state index in [4.69, 9.17) is 0 Å². The summed E-state index contributed by atoms with van der Waals surface area (Å²) in [4.78, 5) is 4.41. The number of benzene rings is 2. The molecule has 0 spiro atoms. The summed E-state index contributed by atoms with van der Waals surface area (Å²) in [7, 11) is 0. The van der Waals surface area contributed by atoms with Crippen molar-refractivity contribution in [2.24, 2.45) is 0 Å². The van der Waals surface area contributed by atoms with Gasteiger partial charge in [-0.25, -0.2) is 0 Å². The van der Waals surface area contributed by atoms with Crippen LogP contribution in [0.2, 0.25) is 0 Å². The van der Waals surface area contributed by atoms with Crippen LogP contribution in [0.4, 0.5) is 0 Å². The Morgan fingerprint density at radius 2 is 1.53 bits per heavy atom. The van der Waals surface area contributed by atoms with Crippen LogP contribution < -0.4 is 0 Å². The second-order valence-electron chi connectivity index (χ2n) is 3.86. The third-order valence-corrected chi connectivity index (χ3v) is 3.50. The molecular weight excluding hydrogens is 274 g/mol. The highest BCUT2D eigenvalue weighted by molar-refractivity contribution is 9.10. The SMILES string of the molecule is Brc1ccc(-c2ccccn2)c2ccccc12. The molecule has 1 nitrogen and oxygen atoms in total. The van der Waals surface area contributed by atoms with Crippen LogP contribution in [0.1, 0.15) is 0 Å². The zero-order chi connectivity index (χ0) is 11.7. The number of hydrogen-bond acceptors (Lipinski definition) is 1. The van der Waals surface area contributed by atoms with Crippen LogP contribution in [0.5, 0.6) is 0 Å². The largest absolute Gasteiger partial charge is 0.256 e. The molecule has 0 unspecified atom stereocenters. The molecule has 17 heavy (non-hydrogen) atoms. The van der Waals surface area contributed by atoms with Gasteiger partial charge in [-0.05, 0) is 29.0 Å². The summed E-state index contributed by atoms with van der Waals surface area (Å²) in [6, 6.07) is 18.5. The molecule has 0 N–H and O–H groups in total. The lowest BCUT2D eigenvalue weighted by Crippen LogP contribution is -1.84. The molecule has 0 saturated heterocycles. The number of halogens is 1. The Hall–Kier alpha value is -1.67. The van der Waals surface area contributed by atoms with Crippen LogP contribution in [0, 0.1) is 0 Å². The molecule has 1 heterocycles. The molecule has 0 bridgehead atoms. The van der Waals surface area contributed by atoms with Crippen molar-refractivity contribution in [3.05, 3.63) is 65.3 Å². The van der Waals surface area contributed by atoms with Crippen molar-refractivity contribution < 1.29 is 0 Å². The van der Waals surface area contributed by atoms with Gasteiger partial charge in [0.25, 0.3) is 0 Å². The normalized spacial score (nSPS) is 10.6. The number of fused-ring (bicyclic) bond motifs is 1. The van der Waals surface area contributed by atoms with Crippen molar-refractivity contribution in [1.82, 2.24) is 4.98 Å². The zero-order valence-corrected chi connectivity index (χ0v) is 10.7. The average molecular weight is 284 g/mol. The lowest BCUT2D eigenvalue weighted by Gasteiger charge is -2.07. The van der Waals surface area contributed by atoms with Gasteiger partial charge in [-0.1, -0.05) is 52.3 Å². The summed E-state index contributed by atoms with van der Waals surface area (Å²) in [5, 5.41) is 2.44. The summed E-state index contributed by atoms with van der Waals surface area (Å²) in [5.74, 6) is 0. The molecule has 1 aromatic heterocycles.